The predicted molar refractivity (Wildman–Crippen MR) is 58.7 cm³/mol. The maximum absolute atomic E-state index is 11.7. The number of aryl methyl sites for hydroxylation is 2. The molecule has 82 valence electrons. The van der Waals surface area contributed by atoms with Crippen molar-refractivity contribution in [2.24, 2.45) is 5.92 Å². The maximum Gasteiger partial charge on any atom is 0.270 e. The van der Waals surface area contributed by atoms with Gasteiger partial charge in [0.05, 0.1) is 0 Å². The van der Waals surface area contributed by atoms with Crippen molar-refractivity contribution in [1.82, 2.24) is 15.3 Å². The number of nitrogens with zero attached hydrogens (tertiary/aromatic N) is 2. The topological polar surface area (TPSA) is 54.9 Å². The fourth-order valence-corrected chi connectivity index (χ4v) is 1.22. The lowest BCUT2D eigenvalue weighted by atomic mass is 10.2. The minimum atomic E-state index is -0.127. The van der Waals surface area contributed by atoms with Gasteiger partial charge in [-0.1, -0.05) is 13.8 Å². The molecule has 1 aromatic heterocycles. The molecule has 0 atom stereocenters. The van der Waals surface area contributed by atoms with Gasteiger partial charge in [-0.2, -0.15) is 0 Å². The molecule has 1 heterocycles. The van der Waals surface area contributed by atoms with E-state index < -0.39 is 0 Å². The van der Waals surface area contributed by atoms with Crippen LogP contribution in [0.4, 0.5) is 0 Å². The van der Waals surface area contributed by atoms with E-state index >= 15 is 0 Å². The Morgan fingerprint density at radius 3 is 2.60 bits per heavy atom. The van der Waals surface area contributed by atoms with Gasteiger partial charge in [-0.3, -0.25) is 4.79 Å². The van der Waals surface area contributed by atoms with E-state index in [0.717, 1.165) is 5.69 Å². The Morgan fingerprint density at radius 2 is 2.07 bits per heavy atom. The summed E-state index contributed by atoms with van der Waals surface area (Å²) in [5, 5.41) is 2.82. The lowest BCUT2D eigenvalue weighted by Gasteiger charge is -2.07. The summed E-state index contributed by atoms with van der Waals surface area (Å²) in [6, 6.07) is 1.70. The van der Waals surface area contributed by atoms with Crippen LogP contribution in [0.25, 0.3) is 0 Å². The van der Waals surface area contributed by atoms with Crippen molar-refractivity contribution in [1.29, 1.82) is 0 Å². The van der Waals surface area contributed by atoms with Crippen LogP contribution in [0.15, 0.2) is 6.07 Å². The molecular weight excluding hydrogens is 190 g/mol. The molecule has 0 aliphatic carbocycles. The molecule has 0 bridgehead atoms. The average Bonchev–Trinajstić information content (AvgIpc) is 2.12. The van der Waals surface area contributed by atoms with Gasteiger partial charge in [-0.05, 0) is 25.8 Å². The van der Waals surface area contributed by atoms with Crippen molar-refractivity contribution in [2.75, 3.05) is 6.54 Å². The Kier molecular flexibility index (Phi) is 3.77. The van der Waals surface area contributed by atoms with E-state index in [-0.39, 0.29) is 5.91 Å². The number of nitrogens with one attached hydrogen (secondary N) is 1. The zero-order chi connectivity index (χ0) is 11.4. The number of rotatable bonds is 3. The third-order valence-corrected chi connectivity index (χ3v) is 1.87. The molecule has 0 aromatic carbocycles. The summed E-state index contributed by atoms with van der Waals surface area (Å²) >= 11 is 0. The maximum atomic E-state index is 11.7. The third-order valence-electron chi connectivity index (χ3n) is 1.87. The first-order chi connectivity index (χ1) is 6.99. The lowest BCUT2D eigenvalue weighted by molar-refractivity contribution is 0.0943. The van der Waals surface area contributed by atoms with Gasteiger partial charge >= 0.3 is 0 Å². The summed E-state index contributed by atoms with van der Waals surface area (Å²) in [6.07, 6.45) is 0. The fourth-order valence-electron chi connectivity index (χ4n) is 1.22. The summed E-state index contributed by atoms with van der Waals surface area (Å²) in [5.41, 5.74) is 1.26. The Morgan fingerprint density at radius 1 is 1.40 bits per heavy atom. The first-order valence-electron chi connectivity index (χ1n) is 5.09. The molecule has 0 unspecified atom stereocenters. The van der Waals surface area contributed by atoms with Crippen LogP contribution in [0.5, 0.6) is 0 Å². The molecule has 0 spiro atoms. The van der Waals surface area contributed by atoms with E-state index in [9.17, 15) is 4.79 Å². The molecule has 0 radical (unpaired) electrons. The first-order valence-corrected chi connectivity index (χ1v) is 5.09. The molecule has 1 N–H and O–H groups in total. The normalized spacial score (nSPS) is 10.5. The van der Waals surface area contributed by atoms with Crippen molar-refractivity contribution in [3.05, 3.63) is 23.3 Å². The highest BCUT2D eigenvalue weighted by atomic mass is 16.1. The highest BCUT2D eigenvalue weighted by molar-refractivity contribution is 5.92. The Balaban J connectivity index is 2.73. The van der Waals surface area contributed by atoms with Crippen LogP contribution in [0.3, 0.4) is 0 Å². The zero-order valence-corrected chi connectivity index (χ0v) is 9.66. The molecule has 0 aliphatic rings. The minimum Gasteiger partial charge on any atom is -0.350 e. The van der Waals surface area contributed by atoms with Crippen molar-refractivity contribution >= 4 is 5.91 Å². The molecule has 15 heavy (non-hydrogen) atoms. The van der Waals surface area contributed by atoms with Crippen LogP contribution >= 0.6 is 0 Å². The van der Waals surface area contributed by atoms with Gasteiger partial charge in [-0.25, -0.2) is 9.97 Å². The molecule has 0 saturated carbocycles. The SMILES string of the molecule is Cc1cc(C(=O)NCC(C)C)nc(C)n1. The van der Waals surface area contributed by atoms with E-state index in [2.05, 4.69) is 29.1 Å². The molecular formula is C11H17N3O. The summed E-state index contributed by atoms with van der Waals surface area (Å²) in [7, 11) is 0. The molecule has 0 saturated heterocycles. The number of amides is 1. The number of carbonyl (C=O) groups is 1. The van der Waals surface area contributed by atoms with E-state index in [1.807, 2.05) is 6.92 Å². The molecule has 4 heteroatoms. The lowest BCUT2D eigenvalue weighted by Crippen LogP contribution is -2.28. The van der Waals surface area contributed by atoms with Crippen LogP contribution in [0.2, 0.25) is 0 Å². The monoisotopic (exact) mass is 207 g/mol. The van der Waals surface area contributed by atoms with E-state index in [4.69, 9.17) is 0 Å². The Labute approximate surface area is 90.1 Å². The number of aromatic nitrogens is 2. The number of hydrogen-bond donors (Lipinski definition) is 1. The second-order valence-electron chi connectivity index (χ2n) is 4.05. The van der Waals surface area contributed by atoms with Crippen LogP contribution in [-0.4, -0.2) is 22.4 Å². The van der Waals surface area contributed by atoms with Crippen LogP contribution < -0.4 is 5.32 Å². The van der Waals surface area contributed by atoms with Crippen molar-refractivity contribution in [3.8, 4) is 0 Å². The van der Waals surface area contributed by atoms with E-state index in [1.54, 1.807) is 13.0 Å². The fraction of sp³-hybridized carbons (Fsp3) is 0.545. The first kappa shape index (κ1) is 11.6. The highest BCUT2D eigenvalue weighted by Crippen LogP contribution is 2.00. The quantitative estimate of drug-likeness (QED) is 0.816. The smallest absolute Gasteiger partial charge is 0.270 e. The van der Waals surface area contributed by atoms with Gasteiger partial charge in [0, 0.05) is 12.2 Å². The molecule has 0 aliphatic heterocycles. The second-order valence-corrected chi connectivity index (χ2v) is 4.05. The Hall–Kier alpha value is -1.45. The highest BCUT2D eigenvalue weighted by Gasteiger charge is 2.08. The minimum absolute atomic E-state index is 0.127. The van der Waals surface area contributed by atoms with Gasteiger partial charge in [0.25, 0.3) is 5.91 Å². The van der Waals surface area contributed by atoms with Gasteiger partial charge in [0.1, 0.15) is 11.5 Å². The van der Waals surface area contributed by atoms with Gasteiger partial charge in [0.15, 0.2) is 0 Å². The van der Waals surface area contributed by atoms with Gasteiger partial charge in [-0.15, -0.1) is 0 Å². The molecule has 1 rings (SSSR count). The third kappa shape index (κ3) is 3.65. The Bertz CT molecular complexity index is 341. The van der Waals surface area contributed by atoms with E-state index in [0.29, 0.717) is 24.0 Å². The summed E-state index contributed by atoms with van der Waals surface area (Å²) < 4.78 is 0. The molecule has 1 amide bonds. The number of hydrogen-bond acceptors (Lipinski definition) is 3. The van der Waals surface area contributed by atoms with Crippen molar-refractivity contribution in [3.63, 3.8) is 0 Å². The van der Waals surface area contributed by atoms with Crippen LogP contribution in [-0.2, 0) is 0 Å². The van der Waals surface area contributed by atoms with Crippen molar-refractivity contribution < 1.29 is 4.79 Å². The predicted octanol–water partition coefficient (Wildman–Crippen LogP) is 1.48. The van der Waals surface area contributed by atoms with Gasteiger partial charge < -0.3 is 5.32 Å². The van der Waals surface area contributed by atoms with Crippen LogP contribution in [0.1, 0.15) is 35.9 Å². The van der Waals surface area contributed by atoms with Crippen molar-refractivity contribution in [2.45, 2.75) is 27.7 Å². The summed E-state index contributed by atoms with van der Waals surface area (Å²) in [5.74, 6) is 0.944. The standard InChI is InChI=1S/C11H17N3O/c1-7(2)6-12-11(15)10-5-8(3)13-9(4)14-10/h5,7H,6H2,1-4H3,(H,12,15). The molecule has 0 fully saturated rings. The summed E-state index contributed by atoms with van der Waals surface area (Å²) in [4.78, 5) is 19.9. The van der Waals surface area contributed by atoms with Gasteiger partial charge in [0.2, 0.25) is 0 Å². The zero-order valence-electron chi connectivity index (χ0n) is 9.66. The van der Waals surface area contributed by atoms with E-state index in [1.165, 1.54) is 0 Å². The van der Waals surface area contributed by atoms with Crippen LogP contribution in [0, 0.1) is 19.8 Å². The largest absolute Gasteiger partial charge is 0.350 e. The average molecular weight is 207 g/mol. The second kappa shape index (κ2) is 4.87. The molecule has 1 aromatic rings. The molecule has 4 nitrogen and oxygen atoms in total. The number of carbonyl (C=O) groups excluding carboxylic acids is 1. The summed E-state index contributed by atoms with van der Waals surface area (Å²) in [6.45, 7) is 8.41.